The minimum Gasteiger partial charge on any atom is -0.508 e. The fourth-order valence-electron chi connectivity index (χ4n) is 1.50. The Morgan fingerprint density at radius 2 is 2.21 bits per heavy atom. The monoisotopic (exact) mass is 192 g/mol. The van der Waals surface area contributed by atoms with Crippen molar-refractivity contribution in [2.45, 2.75) is 26.7 Å². The summed E-state index contributed by atoms with van der Waals surface area (Å²) in [4.78, 5) is 11.3. The van der Waals surface area contributed by atoms with Crippen molar-refractivity contribution in [3.05, 3.63) is 29.8 Å². The lowest BCUT2D eigenvalue weighted by molar-refractivity contribution is -0.122. The van der Waals surface area contributed by atoms with Crippen LogP contribution in [0.1, 0.15) is 25.8 Å². The van der Waals surface area contributed by atoms with Gasteiger partial charge in [0, 0.05) is 12.3 Å². The maximum atomic E-state index is 11.3. The third-order valence-corrected chi connectivity index (χ3v) is 2.35. The summed E-state index contributed by atoms with van der Waals surface area (Å²) >= 11 is 0. The van der Waals surface area contributed by atoms with Crippen molar-refractivity contribution in [3.8, 4) is 5.75 Å². The zero-order valence-electron chi connectivity index (χ0n) is 8.66. The van der Waals surface area contributed by atoms with Gasteiger partial charge in [-0.1, -0.05) is 26.0 Å². The van der Waals surface area contributed by atoms with Gasteiger partial charge in [0.15, 0.2) is 0 Å². The Labute approximate surface area is 84.6 Å². The summed E-state index contributed by atoms with van der Waals surface area (Å²) in [6.45, 7) is 3.80. The summed E-state index contributed by atoms with van der Waals surface area (Å²) in [5.74, 6) is 0.578. The van der Waals surface area contributed by atoms with E-state index in [0.29, 0.717) is 12.8 Å². The molecule has 0 bridgehead atoms. The second-order valence-corrected chi connectivity index (χ2v) is 3.59. The second-order valence-electron chi connectivity index (χ2n) is 3.59. The molecule has 0 saturated carbocycles. The van der Waals surface area contributed by atoms with Crippen LogP contribution in [0, 0.1) is 5.92 Å². The lowest BCUT2D eigenvalue weighted by atomic mass is 9.96. The van der Waals surface area contributed by atoms with E-state index in [1.807, 2.05) is 19.9 Å². The summed E-state index contributed by atoms with van der Waals surface area (Å²) in [6.07, 6.45) is 1.29. The molecule has 1 aromatic rings. The van der Waals surface area contributed by atoms with Gasteiger partial charge in [-0.2, -0.15) is 0 Å². The number of benzene rings is 1. The molecule has 0 aromatic heterocycles. The molecule has 0 fully saturated rings. The molecular formula is C12H16O2. The third-order valence-electron chi connectivity index (χ3n) is 2.35. The molecule has 1 unspecified atom stereocenters. The molecule has 1 rings (SSSR count). The van der Waals surface area contributed by atoms with E-state index in [-0.39, 0.29) is 17.5 Å². The van der Waals surface area contributed by atoms with Crippen LogP contribution in [-0.2, 0) is 11.2 Å². The second kappa shape index (κ2) is 4.80. The van der Waals surface area contributed by atoms with Crippen LogP contribution in [0.3, 0.4) is 0 Å². The Kier molecular flexibility index (Phi) is 3.69. The predicted octanol–water partition coefficient (Wildman–Crippen LogP) is 2.55. The van der Waals surface area contributed by atoms with Crippen molar-refractivity contribution in [2.75, 3.05) is 0 Å². The molecule has 0 aliphatic heterocycles. The topological polar surface area (TPSA) is 37.3 Å². The summed E-state index contributed by atoms with van der Waals surface area (Å²) in [6, 6.07) is 7.07. The van der Waals surface area contributed by atoms with Gasteiger partial charge >= 0.3 is 0 Å². The van der Waals surface area contributed by atoms with Crippen molar-refractivity contribution in [1.82, 2.24) is 0 Å². The number of aromatic hydroxyl groups is 1. The SMILES string of the molecule is CCC(=O)C(C)Cc1cccc(O)c1. The molecule has 0 radical (unpaired) electrons. The first-order valence-electron chi connectivity index (χ1n) is 4.94. The van der Waals surface area contributed by atoms with Crippen LogP contribution < -0.4 is 0 Å². The van der Waals surface area contributed by atoms with E-state index in [2.05, 4.69) is 0 Å². The fraction of sp³-hybridized carbons (Fsp3) is 0.417. The number of rotatable bonds is 4. The van der Waals surface area contributed by atoms with Crippen LogP contribution in [0.25, 0.3) is 0 Å². The molecule has 14 heavy (non-hydrogen) atoms. The number of phenols is 1. The van der Waals surface area contributed by atoms with Crippen LogP contribution in [0.15, 0.2) is 24.3 Å². The molecule has 0 spiro atoms. The Bertz CT molecular complexity index is 318. The summed E-state index contributed by atoms with van der Waals surface area (Å²) in [7, 11) is 0. The summed E-state index contributed by atoms with van der Waals surface area (Å²) in [5.41, 5.74) is 1.01. The maximum Gasteiger partial charge on any atom is 0.135 e. The average molecular weight is 192 g/mol. The highest BCUT2D eigenvalue weighted by Gasteiger charge is 2.11. The molecule has 1 aromatic carbocycles. The maximum absolute atomic E-state index is 11.3. The number of ketones is 1. The molecule has 0 heterocycles. The lowest BCUT2D eigenvalue weighted by Crippen LogP contribution is -2.12. The van der Waals surface area contributed by atoms with E-state index in [0.717, 1.165) is 5.56 Å². The molecule has 0 aliphatic rings. The first-order valence-corrected chi connectivity index (χ1v) is 4.94. The Morgan fingerprint density at radius 1 is 1.50 bits per heavy atom. The minimum atomic E-state index is 0.0433. The fourth-order valence-corrected chi connectivity index (χ4v) is 1.50. The average Bonchev–Trinajstić information content (AvgIpc) is 2.16. The van der Waals surface area contributed by atoms with Crippen LogP contribution in [0.5, 0.6) is 5.75 Å². The zero-order chi connectivity index (χ0) is 10.6. The van der Waals surface area contributed by atoms with Gasteiger partial charge < -0.3 is 5.11 Å². The Hall–Kier alpha value is -1.31. The van der Waals surface area contributed by atoms with Crippen molar-refractivity contribution >= 4 is 5.78 Å². The van der Waals surface area contributed by atoms with Gasteiger partial charge in [-0.3, -0.25) is 4.79 Å². The highest BCUT2D eigenvalue weighted by molar-refractivity contribution is 5.80. The van der Waals surface area contributed by atoms with E-state index >= 15 is 0 Å². The zero-order valence-corrected chi connectivity index (χ0v) is 8.66. The van der Waals surface area contributed by atoms with Crippen molar-refractivity contribution in [3.63, 3.8) is 0 Å². The molecule has 2 heteroatoms. The lowest BCUT2D eigenvalue weighted by Gasteiger charge is -2.08. The van der Waals surface area contributed by atoms with E-state index in [9.17, 15) is 9.90 Å². The molecule has 0 aliphatic carbocycles. The number of hydrogen-bond acceptors (Lipinski definition) is 2. The first-order chi connectivity index (χ1) is 6.63. The number of Topliss-reactive ketones (excluding diaryl/α,β-unsaturated/α-hetero) is 1. The molecule has 2 nitrogen and oxygen atoms in total. The van der Waals surface area contributed by atoms with Gasteiger partial charge in [-0.25, -0.2) is 0 Å². The molecule has 1 N–H and O–H groups in total. The van der Waals surface area contributed by atoms with Gasteiger partial charge in [0.25, 0.3) is 0 Å². The van der Waals surface area contributed by atoms with E-state index in [1.165, 1.54) is 0 Å². The third kappa shape index (κ3) is 2.87. The number of carbonyl (C=O) groups is 1. The highest BCUT2D eigenvalue weighted by atomic mass is 16.3. The van der Waals surface area contributed by atoms with E-state index in [1.54, 1.807) is 18.2 Å². The smallest absolute Gasteiger partial charge is 0.135 e. The summed E-state index contributed by atoms with van der Waals surface area (Å²) in [5, 5.41) is 9.24. The molecule has 0 saturated heterocycles. The molecular weight excluding hydrogens is 176 g/mol. The van der Waals surface area contributed by atoms with Crippen LogP contribution >= 0.6 is 0 Å². The standard InChI is InChI=1S/C12H16O2/c1-3-12(14)9(2)7-10-5-4-6-11(13)8-10/h4-6,8-9,13H,3,7H2,1-2H3. The van der Waals surface area contributed by atoms with Crippen molar-refractivity contribution < 1.29 is 9.90 Å². The van der Waals surface area contributed by atoms with Crippen molar-refractivity contribution in [2.24, 2.45) is 5.92 Å². The van der Waals surface area contributed by atoms with Crippen LogP contribution in [0.2, 0.25) is 0 Å². The quantitative estimate of drug-likeness (QED) is 0.796. The molecule has 76 valence electrons. The first kappa shape index (κ1) is 10.8. The molecule has 1 atom stereocenters. The normalized spacial score (nSPS) is 12.4. The van der Waals surface area contributed by atoms with Gasteiger partial charge in [0.1, 0.15) is 11.5 Å². The molecule has 0 amide bonds. The van der Waals surface area contributed by atoms with Crippen LogP contribution in [0.4, 0.5) is 0 Å². The Morgan fingerprint density at radius 3 is 2.79 bits per heavy atom. The van der Waals surface area contributed by atoms with Crippen molar-refractivity contribution in [1.29, 1.82) is 0 Å². The number of hydrogen-bond donors (Lipinski definition) is 1. The van der Waals surface area contributed by atoms with Gasteiger partial charge in [-0.15, -0.1) is 0 Å². The minimum absolute atomic E-state index is 0.0433. The van der Waals surface area contributed by atoms with Crippen LogP contribution in [-0.4, -0.2) is 10.9 Å². The van der Waals surface area contributed by atoms with Gasteiger partial charge in [0.05, 0.1) is 0 Å². The Balaban J connectivity index is 2.64. The van der Waals surface area contributed by atoms with E-state index in [4.69, 9.17) is 0 Å². The largest absolute Gasteiger partial charge is 0.508 e. The van der Waals surface area contributed by atoms with Gasteiger partial charge in [-0.05, 0) is 24.1 Å². The highest BCUT2D eigenvalue weighted by Crippen LogP contribution is 2.15. The number of phenolic OH excluding ortho intramolecular Hbond substituents is 1. The van der Waals surface area contributed by atoms with Gasteiger partial charge in [0.2, 0.25) is 0 Å². The predicted molar refractivity (Wildman–Crippen MR) is 56.3 cm³/mol. The van der Waals surface area contributed by atoms with E-state index < -0.39 is 0 Å². The number of carbonyl (C=O) groups excluding carboxylic acids is 1. The summed E-state index contributed by atoms with van der Waals surface area (Å²) < 4.78 is 0.